The molecule has 0 radical (unpaired) electrons. The van der Waals surface area contributed by atoms with Crippen LogP contribution in [0, 0.1) is 13.8 Å². The van der Waals surface area contributed by atoms with Crippen LogP contribution in [0.5, 0.6) is 0 Å². The van der Waals surface area contributed by atoms with Crippen molar-refractivity contribution in [2.24, 2.45) is 0 Å². The van der Waals surface area contributed by atoms with Crippen LogP contribution in [0.2, 0.25) is 0 Å². The number of aromatic amines is 1. The summed E-state index contributed by atoms with van der Waals surface area (Å²) in [6.07, 6.45) is 3.47. The van der Waals surface area contributed by atoms with E-state index in [1.807, 2.05) is 19.9 Å². The summed E-state index contributed by atoms with van der Waals surface area (Å²) >= 11 is 0. The third kappa shape index (κ3) is 1.11. The molecule has 74 valence electrons. The number of H-pyrrole nitrogens is 1. The molecule has 0 aliphatic carbocycles. The molecule has 0 saturated carbocycles. The maximum Gasteiger partial charge on any atom is 0.117 e. The minimum Gasteiger partial charge on any atom is -0.344 e. The quantitative estimate of drug-likeness (QED) is 0.602. The van der Waals surface area contributed by atoms with Gasteiger partial charge < -0.3 is 4.98 Å². The fourth-order valence-corrected chi connectivity index (χ4v) is 1.82. The SMILES string of the molecule is Cc1cnc2cc(C)c3[nH]cnc3c2n1. The zero-order chi connectivity index (χ0) is 10.4. The van der Waals surface area contributed by atoms with Crippen LogP contribution in [0.25, 0.3) is 22.1 Å². The van der Waals surface area contributed by atoms with E-state index in [2.05, 4.69) is 19.9 Å². The van der Waals surface area contributed by atoms with Gasteiger partial charge in [-0.1, -0.05) is 0 Å². The number of nitrogens with one attached hydrogen (secondary N) is 1. The Balaban J connectivity index is 2.61. The highest BCUT2D eigenvalue weighted by atomic mass is 14.9. The number of rotatable bonds is 0. The van der Waals surface area contributed by atoms with Crippen LogP contribution in [0.3, 0.4) is 0 Å². The molecule has 0 bridgehead atoms. The Bertz CT molecular complexity index is 654. The van der Waals surface area contributed by atoms with Gasteiger partial charge in [0.25, 0.3) is 0 Å². The van der Waals surface area contributed by atoms with Crippen molar-refractivity contribution in [3.63, 3.8) is 0 Å². The lowest BCUT2D eigenvalue weighted by atomic mass is 10.1. The van der Waals surface area contributed by atoms with E-state index in [1.165, 1.54) is 0 Å². The smallest absolute Gasteiger partial charge is 0.117 e. The van der Waals surface area contributed by atoms with Crippen molar-refractivity contribution in [2.75, 3.05) is 0 Å². The average molecular weight is 198 g/mol. The zero-order valence-corrected chi connectivity index (χ0v) is 8.57. The third-order valence-electron chi connectivity index (χ3n) is 2.53. The van der Waals surface area contributed by atoms with Gasteiger partial charge in [0, 0.05) is 6.20 Å². The molecule has 2 heterocycles. The molecule has 0 atom stereocenters. The van der Waals surface area contributed by atoms with Gasteiger partial charge in [0.1, 0.15) is 11.0 Å². The van der Waals surface area contributed by atoms with Gasteiger partial charge in [0.2, 0.25) is 0 Å². The van der Waals surface area contributed by atoms with Crippen molar-refractivity contribution in [3.8, 4) is 0 Å². The van der Waals surface area contributed by atoms with Crippen molar-refractivity contribution < 1.29 is 0 Å². The van der Waals surface area contributed by atoms with Crippen molar-refractivity contribution in [1.82, 2.24) is 19.9 Å². The number of hydrogen-bond acceptors (Lipinski definition) is 3. The Kier molecular flexibility index (Phi) is 1.54. The average Bonchev–Trinajstić information content (AvgIpc) is 2.69. The van der Waals surface area contributed by atoms with Crippen molar-refractivity contribution in [1.29, 1.82) is 0 Å². The summed E-state index contributed by atoms with van der Waals surface area (Å²) in [4.78, 5) is 16.2. The van der Waals surface area contributed by atoms with Crippen LogP contribution in [0.15, 0.2) is 18.6 Å². The summed E-state index contributed by atoms with van der Waals surface area (Å²) in [6, 6.07) is 2.03. The lowest BCUT2D eigenvalue weighted by Crippen LogP contribution is -1.90. The van der Waals surface area contributed by atoms with E-state index in [4.69, 9.17) is 0 Å². The molecule has 1 N–H and O–H groups in total. The van der Waals surface area contributed by atoms with Gasteiger partial charge in [-0.15, -0.1) is 0 Å². The number of fused-ring (bicyclic) bond motifs is 3. The lowest BCUT2D eigenvalue weighted by Gasteiger charge is -2.01. The van der Waals surface area contributed by atoms with Crippen LogP contribution in [-0.2, 0) is 0 Å². The molecule has 2 aromatic heterocycles. The van der Waals surface area contributed by atoms with Crippen LogP contribution < -0.4 is 0 Å². The first-order valence-electron chi connectivity index (χ1n) is 4.82. The molecule has 4 heteroatoms. The summed E-state index contributed by atoms with van der Waals surface area (Å²) < 4.78 is 0. The molecule has 0 spiro atoms. The van der Waals surface area contributed by atoms with Gasteiger partial charge in [-0.3, -0.25) is 4.98 Å². The molecule has 0 fully saturated rings. The number of imidazole rings is 1. The highest BCUT2D eigenvalue weighted by Gasteiger charge is 2.08. The Morgan fingerprint density at radius 1 is 1.13 bits per heavy atom. The Hall–Kier alpha value is -1.97. The largest absolute Gasteiger partial charge is 0.344 e. The molecule has 3 rings (SSSR count). The van der Waals surface area contributed by atoms with Crippen LogP contribution in [-0.4, -0.2) is 19.9 Å². The molecule has 0 aliphatic heterocycles. The van der Waals surface area contributed by atoms with Gasteiger partial charge >= 0.3 is 0 Å². The predicted octanol–water partition coefficient (Wildman–Crippen LogP) is 2.12. The van der Waals surface area contributed by atoms with Gasteiger partial charge in [-0.2, -0.15) is 0 Å². The monoisotopic (exact) mass is 198 g/mol. The highest BCUT2D eigenvalue weighted by Crippen LogP contribution is 2.22. The minimum absolute atomic E-state index is 0.872. The molecule has 15 heavy (non-hydrogen) atoms. The molecular weight excluding hydrogens is 188 g/mol. The standard InChI is InChI=1S/C11H10N4/c1-6-3-8-10(15-7(2)4-12-8)11-9(6)13-5-14-11/h3-5H,1-2H3,(H,13,14). The summed E-state index contributed by atoms with van der Waals surface area (Å²) in [5.41, 5.74) is 5.78. The van der Waals surface area contributed by atoms with Gasteiger partial charge in [-0.25, -0.2) is 9.97 Å². The lowest BCUT2D eigenvalue weighted by molar-refractivity contribution is 1.19. The zero-order valence-electron chi connectivity index (χ0n) is 8.57. The van der Waals surface area contributed by atoms with Crippen molar-refractivity contribution in [3.05, 3.63) is 29.8 Å². The van der Waals surface area contributed by atoms with E-state index >= 15 is 0 Å². The Labute approximate surface area is 86.4 Å². The number of benzene rings is 1. The van der Waals surface area contributed by atoms with Gasteiger partial charge in [0.15, 0.2) is 0 Å². The second kappa shape index (κ2) is 2.76. The van der Waals surface area contributed by atoms with E-state index in [-0.39, 0.29) is 0 Å². The predicted molar refractivity (Wildman–Crippen MR) is 58.7 cm³/mol. The van der Waals surface area contributed by atoms with Gasteiger partial charge in [-0.05, 0) is 25.5 Å². The summed E-state index contributed by atoms with van der Waals surface area (Å²) in [7, 11) is 0. The molecular formula is C11H10N4. The molecule has 0 aliphatic rings. The first-order chi connectivity index (χ1) is 7.25. The number of aromatic nitrogens is 4. The summed E-state index contributed by atoms with van der Waals surface area (Å²) in [6.45, 7) is 3.98. The molecule has 3 aromatic rings. The number of hydrogen-bond donors (Lipinski definition) is 1. The summed E-state index contributed by atoms with van der Waals surface area (Å²) in [5.74, 6) is 0. The van der Waals surface area contributed by atoms with Crippen LogP contribution in [0.1, 0.15) is 11.3 Å². The van der Waals surface area contributed by atoms with E-state index in [9.17, 15) is 0 Å². The number of aryl methyl sites for hydroxylation is 2. The van der Waals surface area contributed by atoms with Crippen molar-refractivity contribution in [2.45, 2.75) is 13.8 Å². The summed E-state index contributed by atoms with van der Waals surface area (Å²) in [5, 5.41) is 0. The highest BCUT2D eigenvalue weighted by molar-refractivity contribution is 6.01. The molecule has 1 aromatic carbocycles. The maximum absolute atomic E-state index is 4.47. The van der Waals surface area contributed by atoms with Crippen molar-refractivity contribution >= 4 is 22.1 Å². The molecule has 0 amide bonds. The third-order valence-corrected chi connectivity index (χ3v) is 2.53. The van der Waals surface area contributed by atoms with E-state index < -0.39 is 0 Å². The Morgan fingerprint density at radius 3 is 2.87 bits per heavy atom. The van der Waals surface area contributed by atoms with E-state index in [0.717, 1.165) is 33.3 Å². The normalized spacial score (nSPS) is 11.3. The number of nitrogens with zero attached hydrogens (tertiary/aromatic N) is 3. The second-order valence-electron chi connectivity index (χ2n) is 3.70. The van der Waals surface area contributed by atoms with Gasteiger partial charge in [0.05, 0.1) is 23.1 Å². The first kappa shape index (κ1) is 8.35. The fourth-order valence-electron chi connectivity index (χ4n) is 1.82. The molecule has 4 nitrogen and oxygen atoms in total. The van der Waals surface area contributed by atoms with E-state index in [1.54, 1.807) is 12.5 Å². The first-order valence-corrected chi connectivity index (χ1v) is 4.82. The molecule has 0 unspecified atom stereocenters. The van der Waals surface area contributed by atoms with Crippen LogP contribution >= 0.6 is 0 Å². The van der Waals surface area contributed by atoms with E-state index in [0.29, 0.717) is 0 Å². The van der Waals surface area contributed by atoms with Crippen LogP contribution in [0.4, 0.5) is 0 Å². The minimum atomic E-state index is 0.872. The fraction of sp³-hybridized carbons (Fsp3) is 0.182. The Morgan fingerprint density at radius 2 is 2.00 bits per heavy atom. The topological polar surface area (TPSA) is 54.5 Å². The second-order valence-corrected chi connectivity index (χ2v) is 3.70. The maximum atomic E-state index is 4.47. The molecule has 0 saturated heterocycles.